The van der Waals surface area contributed by atoms with Gasteiger partial charge in [-0.15, -0.1) is 11.3 Å². The summed E-state index contributed by atoms with van der Waals surface area (Å²) in [5.74, 6) is 0.904. The van der Waals surface area contributed by atoms with Crippen molar-refractivity contribution in [2.45, 2.75) is 59.5 Å². The molecule has 0 saturated heterocycles. The van der Waals surface area contributed by atoms with Gasteiger partial charge in [0.1, 0.15) is 0 Å². The lowest BCUT2D eigenvalue weighted by Crippen LogP contribution is -2.32. The van der Waals surface area contributed by atoms with Crippen LogP contribution in [0, 0.1) is 12.8 Å². The van der Waals surface area contributed by atoms with E-state index in [1.54, 1.807) is 0 Å². The quantitative estimate of drug-likeness (QED) is 0.828. The Kier molecular flexibility index (Phi) is 5.22. The molecule has 1 aromatic rings. The van der Waals surface area contributed by atoms with Crippen molar-refractivity contribution < 1.29 is 0 Å². The Morgan fingerprint density at radius 2 is 2.16 bits per heavy atom. The number of hydrogen-bond acceptors (Lipinski definition) is 4. The van der Waals surface area contributed by atoms with Crippen molar-refractivity contribution in [2.75, 3.05) is 18.0 Å². The highest BCUT2D eigenvalue weighted by atomic mass is 32.1. The molecule has 0 aromatic carbocycles. The maximum Gasteiger partial charge on any atom is 0.185 e. The van der Waals surface area contributed by atoms with Crippen LogP contribution in [0.4, 0.5) is 5.13 Å². The van der Waals surface area contributed by atoms with E-state index in [0.29, 0.717) is 6.04 Å². The monoisotopic (exact) mass is 281 g/mol. The molecule has 1 aromatic heterocycles. The third-order valence-corrected chi connectivity index (χ3v) is 5.13. The molecule has 1 N–H and O–H groups in total. The molecule has 0 unspecified atom stereocenters. The van der Waals surface area contributed by atoms with Gasteiger partial charge in [-0.2, -0.15) is 0 Å². The van der Waals surface area contributed by atoms with E-state index in [1.165, 1.54) is 41.5 Å². The van der Waals surface area contributed by atoms with Crippen LogP contribution >= 0.6 is 11.3 Å². The van der Waals surface area contributed by atoms with Gasteiger partial charge >= 0.3 is 0 Å². The fraction of sp³-hybridized carbons (Fsp3) is 0.800. The van der Waals surface area contributed by atoms with Crippen LogP contribution in [-0.4, -0.2) is 24.1 Å². The summed E-state index contributed by atoms with van der Waals surface area (Å²) in [6.45, 7) is 12.0. The number of hydrogen-bond donors (Lipinski definition) is 1. The minimum atomic E-state index is 0.530. The third-order valence-electron chi connectivity index (χ3n) is 3.91. The predicted molar refractivity (Wildman–Crippen MR) is 84.1 cm³/mol. The van der Waals surface area contributed by atoms with Crippen molar-refractivity contribution in [3.05, 3.63) is 10.6 Å². The van der Waals surface area contributed by atoms with E-state index in [1.807, 2.05) is 11.3 Å². The SMILES string of the molecule is CCN(CC1CCC1)c1nc(C)c(CNC(C)C)s1. The molecule has 0 amide bonds. The average Bonchev–Trinajstić information content (AvgIpc) is 2.67. The molecule has 2 rings (SSSR count). The standard InChI is InChI=1S/C15H27N3S/c1-5-18(10-13-7-6-8-13)15-17-12(4)14(19-15)9-16-11(2)3/h11,13,16H,5-10H2,1-4H3. The van der Waals surface area contributed by atoms with Gasteiger partial charge in [-0.05, 0) is 32.6 Å². The zero-order valence-electron chi connectivity index (χ0n) is 12.7. The van der Waals surface area contributed by atoms with Crippen LogP contribution in [0.3, 0.4) is 0 Å². The number of nitrogens with zero attached hydrogens (tertiary/aromatic N) is 2. The topological polar surface area (TPSA) is 28.2 Å². The van der Waals surface area contributed by atoms with E-state index in [9.17, 15) is 0 Å². The third kappa shape index (κ3) is 3.93. The van der Waals surface area contributed by atoms with Crippen LogP contribution in [0.5, 0.6) is 0 Å². The van der Waals surface area contributed by atoms with Gasteiger partial charge in [-0.3, -0.25) is 0 Å². The first-order valence-electron chi connectivity index (χ1n) is 7.54. The normalized spacial score (nSPS) is 15.8. The number of nitrogens with one attached hydrogen (secondary N) is 1. The van der Waals surface area contributed by atoms with E-state index < -0.39 is 0 Å². The Labute approximate surface area is 121 Å². The van der Waals surface area contributed by atoms with E-state index >= 15 is 0 Å². The zero-order chi connectivity index (χ0) is 13.8. The molecule has 0 bridgehead atoms. The summed E-state index contributed by atoms with van der Waals surface area (Å²) in [6.07, 6.45) is 4.23. The maximum atomic E-state index is 4.78. The van der Waals surface area contributed by atoms with Gasteiger partial charge in [-0.1, -0.05) is 20.3 Å². The summed E-state index contributed by atoms with van der Waals surface area (Å²) >= 11 is 1.86. The van der Waals surface area contributed by atoms with E-state index in [2.05, 4.69) is 37.9 Å². The first-order valence-corrected chi connectivity index (χ1v) is 8.36. The Morgan fingerprint density at radius 1 is 1.42 bits per heavy atom. The molecule has 1 aliphatic carbocycles. The molecule has 0 radical (unpaired) electrons. The van der Waals surface area contributed by atoms with Gasteiger partial charge in [0.05, 0.1) is 5.69 Å². The van der Waals surface area contributed by atoms with Crippen molar-refractivity contribution in [2.24, 2.45) is 5.92 Å². The molecule has 1 aliphatic rings. The molecule has 1 fully saturated rings. The lowest BCUT2D eigenvalue weighted by Gasteiger charge is -2.31. The average molecular weight is 281 g/mol. The summed E-state index contributed by atoms with van der Waals surface area (Å²) in [7, 11) is 0. The Hall–Kier alpha value is -0.610. The fourth-order valence-corrected chi connectivity index (χ4v) is 3.42. The Bertz CT molecular complexity index is 396. The summed E-state index contributed by atoms with van der Waals surface area (Å²) in [5.41, 5.74) is 1.19. The van der Waals surface area contributed by atoms with Crippen molar-refractivity contribution in [3.8, 4) is 0 Å². The number of anilines is 1. The second-order valence-electron chi connectivity index (χ2n) is 5.88. The highest BCUT2D eigenvalue weighted by Gasteiger charge is 2.22. The summed E-state index contributed by atoms with van der Waals surface area (Å²) < 4.78 is 0. The molecule has 19 heavy (non-hydrogen) atoms. The molecule has 0 spiro atoms. The first-order chi connectivity index (χ1) is 9.10. The van der Waals surface area contributed by atoms with Gasteiger partial charge in [0, 0.05) is 30.6 Å². The number of aryl methyl sites for hydroxylation is 1. The first kappa shape index (κ1) is 14.8. The number of aromatic nitrogens is 1. The van der Waals surface area contributed by atoms with E-state index in [4.69, 9.17) is 4.98 Å². The van der Waals surface area contributed by atoms with Gasteiger partial charge in [-0.25, -0.2) is 4.98 Å². The van der Waals surface area contributed by atoms with Gasteiger partial charge in [0.2, 0.25) is 0 Å². The van der Waals surface area contributed by atoms with Crippen LogP contribution in [0.25, 0.3) is 0 Å². The van der Waals surface area contributed by atoms with Crippen LogP contribution < -0.4 is 10.2 Å². The molecule has 1 heterocycles. The Balaban J connectivity index is 1.99. The lowest BCUT2D eigenvalue weighted by molar-refractivity contribution is 0.318. The zero-order valence-corrected chi connectivity index (χ0v) is 13.5. The summed E-state index contributed by atoms with van der Waals surface area (Å²) in [6, 6.07) is 0.530. The van der Waals surface area contributed by atoms with Crippen molar-refractivity contribution in [1.82, 2.24) is 10.3 Å². The molecular formula is C15H27N3S. The summed E-state index contributed by atoms with van der Waals surface area (Å²) in [5, 5.41) is 4.70. The second-order valence-corrected chi connectivity index (χ2v) is 6.94. The van der Waals surface area contributed by atoms with Crippen LogP contribution in [-0.2, 0) is 6.54 Å². The fourth-order valence-electron chi connectivity index (χ4n) is 2.34. The highest BCUT2D eigenvalue weighted by Crippen LogP contribution is 2.31. The molecule has 3 nitrogen and oxygen atoms in total. The largest absolute Gasteiger partial charge is 0.348 e. The van der Waals surface area contributed by atoms with Crippen molar-refractivity contribution in [3.63, 3.8) is 0 Å². The van der Waals surface area contributed by atoms with Gasteiger partial charge in [0.25, 0.3) is 0 Å². The second kappa shape index (κ2) is 6.71. The van der Waals surface area contributed by atoms with Gasteiger partial charge < -0.3 is 10.2 Å². The van der Waals surface area contributed by atoms with Crippen LogP contribution in [0.2, 0.25) is 0 Å². The predicted octanol–water partition coefficient (Wildman–Crippen LogP) is 3.58. The van der Waals surface area contributed by atoms with Crippen LogP contribution in [0.1, 0.15) is 50.6 Å². The van der Waals surface area contributed by atoms with Crippen molar-refractivity contribution in [1.29, 1.82) is 0 Å². The number of thiazole rings is 1. The maximum absolute atomic E-state index is 4.78. The smallest absolute Gasteiger partial charge is 0.185 e. The lowest BCUT2D eigenvalue weighted by atomic mass is 9.85. The van der Waals surface area contributed by atoms with Crippen molar-refractivity contribution >= 4 is 16.5 Å². The van der Waals surface area contributed by atoms with E-state index in [0.717, 1.165) is 19.0 Å². The molecule has 1 saturated carbocycles. The minimum absolute atomic E-state index is 0.530. The van der Waals surface area contributed by atoms with Crippen LogP contribution in [0.15, 0.2) is 0 Å². The minimum Gasteiger partial charge on any atom is -0.348 e. The molecule has 0 atom stereocenters. The van der Waals surface area contributed by atoms with E-state index in [-0.39, 0.29) is 0 Å². The van der Waals surface area contributed by atoms with Gasteiger partial charge in [0.15, 0.2) is 5.13 Å². The number of rotatable bonds is 7. The molecular weight excluding hydrogens is 254 g/mol. The molecule has 0 aliphatic heterocycles. The molecule has 108 valence electrons. The highest BCUT2D eigenvalue weighted by molar-refractivity contribution is 7.15. The summed E-state index contributed by atoms with van der Waals surface area (Å²) in [4.78, 5) is 8.62. The Morgan fingerprint density at radius 3 is 2.68 bits per heavy atom. The molecule has 4 heteroatoms.